The lowest BCUT2D eigenvalue weighted by Gasteiger charge is -2.24. The van der Waals surface area contributed by atoms with E-state index in [1.54, 1.807) is 24.3 Å². The van der Waals surface area contributed by atoms with Crippen molar-refractivity contribution in [3.05, 3.63) is 82.6 Å². The van der Waals surface area contributed by atoms with Gasteiger partial charge >= 0.3 is 6.03 Å². The third-order valence-electron chi connectivity index (χ3n) is 5.21. The van der Waals surface area contributed by atoms with Gasteiger partial charge in [-0.15, -0.1) is 0 Å². The Labute approximate surface area is 181 Å². The summed E-state index contributed by atoms with van der Waals surface area (Å²) in [5.41, 5.74) is 3.54. The maximum absolute atomic E-state index is 12.4. The maximum Gasteiger partial charge on any atom is 0.315 e. The summed E-state index contributed by atoms with van der Waals surface area (Å²) in [5, 5.41) is 11.2. The van der Waals surface area contributed by atoms with E-state index >= 15 is 0 Å². The van der Waals surface area contributed by atoms with E-state index in [0.717, 1.165) is 37.1 Å². The highest BCUT2D eigenvalue weighted by Crippen LogP contribution is 2.29. The highest BCUT2D eigenvalue weighted by molar-refractivity contribution is 6.30. The number of nitrogens with zero attached hydrogens (tertiary/aromatic N) is 2. The molecule has 0 spiro atoms. The molecule has 1 atom stereocenters. The van der Waals surface area contributed by atoms with Crippen LogP contribution in [-0.4, -0.2) is 29.0 Å². The molecule has 30 heavy (non-hydrogen) atoms. The molecule has 0 radical (unpaired) electrons. The van der Waals surface area contributed by atoms with Gasteiger partial charge in [0.1, 0.15) is 12.4 Å². The fourth-order valence-electron chi connectivity index (χ4n) is 3.73. The molecule has 1 aliphatic carbocycles. The van der Waals surface area contributed by atoms with Crippen LogP contribution in [0.5, 0.6) is 5.75 Å². The number of fused-ring (bicyclic) bond motifs is 1. The number of halogens is 1. The maximum atomic E-state index is 12.4. The zero-order chi connectivity index (χ0) is 20.8. The average molecular weight is 425 g/mol. The van der Waals surface area contributed by atoms with Gasteiger partial charge in [-0.2, -0.15) is 5.10 Å². The molecule has 2 aromatic carbocycles. The molecule has 1 aromatic heterocycles. The number of carbonyl (C=O) groups is 1. The summed E-state index contributed by atoms with van der Waals surface area (Å²) in [4.78, 5) is 12.4. The molecule has 0 fully saturated rings. The van der Waals surface area contributed by atoms with E-state index in [9.17, 15) is 4.79 Å². The van der Waals surface area contributed by atoms with E-state index in [4.69, 9.17) is 16.3 Å². The first-order chi connectivity index (χ1) is 14.7. The van der Waals surface area contributed by atoms with Crippen LogP contribution in [0, 0.1) is 0 Å². The van der Waals surface area contributed by atoms with Gasteiger partial charge in [0.15, 0.2) is 0 Å². The zero-order valence-electron chi connectivity index (χ0n) is 16.7. The number of aromatic nitrogens is 2. The van der Waals surface area contributed by atoms with Gasteiger partial charge < -0.3 is 15.4 Å². The normalized spacial score (nSPS) is 15.3. The first-order valence-corrected chi connectivity index (χ1v) is 10.6. The molecule has 1 unspecified atom stereocenters. The van der Waals surface area contributed by atoms with E-state index in [2.05, 4.69) is 32.5 Å². The Morgan fingerprint density at radius 3 is 2.77 bits per heavy atom. The largest absolute Gasteiger partial charge is 0.492 e. The standard InChI is InChI=1S/C23H25ClN4O2/c24-18-9-11-19(12-10-18)30-14-13-25-23(29)27-21-7-4-8-22-20(21)15-26-28(22)16-17-5-2-1-3-6-17/h1-3,5-6,9-12,15,21H,4,7-8,13-14,16H2,(H2,25,27,29). The van der Waals surface area contributed by atoms with Crippen molar-refractivity contribution in [1.82, 2.24) is 20.4 Å². The number of benzene rings is 2. The lowest BCUT2D eigenvalue weighted by Crippen LogP contribution is -2.40. The Bertz CT molecular complexity index is 973. The molecule has 6 nitrogen and oxygen atoms in total. The van der Waals surface area contributed by atoms with Crippen LogP contribution >= 0.6 is 11.6 Å². The Hall–Kier alpha value is -2.99. The van der Waals surface area contributed by atoms with Gasteiger partial charge in [0.05, 0.1) is 25.3 Å². The second-order valence-corrected chi connectivity index (χ2v) is 7.77. The SMILES string of the molecule is O=C(NCCOc1ccc(Cl)cc1)NC1CCCc2c1cnn2Cc1ccccc1. The highest BCUT2D eigenvalue weighted by Gasteiger charge is 2.25. The Morgan fingerprint density at radius 1 is 1.17 bits per heavy atom. The van der Waals surface area contributed by atoms with Crippen molar-refractivity contribution in [1.29, 1.82) is 0 Å². The Morgan fingerprint density at radius 2 is 1.97 bits per heavy atom. The summed E-state index contributed by atoms with van der Waals surface area (Å²) in [5.74, 6) is 0.726. The monoisotopic (exact) mass is 424 g/mol. The summed E-state index contributed by atoms with van der Waals surface area (Å²) >= 11 is 5.86. The van der Waals surface area contributed by atoms with Crippen LogP contribution in [0.3, 0.4) is 0 Å². The average Bonchev–Trinajstić information content (AvgIpc) is 3.17. The minimum atomic E-state index is -0.191. The lowest BCUT2D eigenvalue weighted by atomic mass is 9.93. The van der Waals surface area contributed by atoms with E-state index < -0.39 is 0 Å². The molecule has 3 aromatic rings. The highest BCUT2D eigenvalue weighted by atomic mass is 35.5. The molecule has 2 amide bonds. The predicted molar refractivity (Wildman–Crippen MR) is 117 cm³/mol. The van der Waals surface area contributed by atoms with Gasteiger partial charge in [0.25, 0.3) is 0 Å². The predicted octanol–water partition coefficient (Wildman–Crippen LogP) is 4.34. The quantitative estimate of drug-likeness (QED) is 0.554. The first kappa shape index (κ1) is 20.3. The first-order valence-electron chi connectivity index (χ1n) is 10.2. The molecule has 7 heteroatoms. The Balaban J connectivity index is 1.28. The van der Waals surface area contributed by atoms with E-state index in [1.807, 2.05) is 24.4 Å². The van der Waals surface area contributed by atoms with E-state index in [-0.39, 0.29) is 12.1 Å². The summed E-state index contributed by atoms with van der Waals surface area (Å²) in [7, 11) is 0. The molecule has 2 N–H and O–H groups in total. The molecule has 0 bridgehead atoms. The number of rotatable bonds is 7. The number of amides is 2. The zero-order valence-corrected chi connectivity index (χ0v) is 17.4. The second-order valence-electron chi connectivity index (χ2n) is 7.34. The van der Waals surface area contributed by atoms with Gasteiger partial charge in [-0.3, -0.25) is 4.68 Å². The summed E-state index contributed by atoms with van der Waals surface area (Å²) in [6, 6.07) is 17.2. The number of carbonyl (C=O) groups excluding carboxylic acids is 1. The van der Waals surface area contributed by atoms with Crippen LogP contribution in [0.25, 0.3) is 0 Å². The van der Waals surface area contributed by atoms with Gasteiger partial charge in [0, 0.05) is 16.3 Å². The smallest absolute Gasteiger partial charge is 0.315 e. The Kier molecular flexibility index (Phi) is 6.54. The topological polar surface area (TPSA) is 68.2 Å². The van der Waals surface area contributed by atoms with Gasteiger partial charge in [-0.05, 0) is 49.1 Å². The summed E-state index contributed by atoms with van der Waals surface area (Å²) < 4.78 is 7.66. The molecule has 156 valence electrons. The van der Waals surface area contributed by atoms with Crippen molar-refractivity contribution in [2.24, 2.45) is 0 Å². The minimum absolute atomic E-state index is 0.0181. The van der Waals surface area contributed by atoms with Crippen LogP contribution in [0.1, 0.15) is 35.7 Å². The fourth-order valence-corrected chi connectivity index (χ4v) is 3.86. The third kappa shape index (κ3) is 5.13. The van der Waals surface area contributed by atoms with Crippen LogP contribution in [0.15, 0.2) is 60.8 Å². The van der Waals surface area contributed by atoms with Crippen molar-refractivity contribution in [3.63, 3.8) is 0 Å². The van der Waals surface area contributed by atoms with Crippen LogP contribution in [0.2, 0.25) is 5.02 Å². The van der Waals surface area contributed by atoms with Crippen molar-refractivity contribution in [2.75, 3.05) is 13.2 Å². The number of nitrogens with one attached hydrogen (secondary N) is 2. The van der Waals surface area contributed by atoms with Crippen molar-refractivity contribution >= 4 is 17.6 Å². The van der Waals surface area contributed by atoms with E-state index in [1.165, 1.54) is 11.3 Å². The third-order valence-corrected chi connectivity index (χ3v) is 5.47. The van der Waals surface area contributed by atoms with Gasteiger partial charge in [0.2, 0.25) is 0 Å². The van der Waals surface area contributed by atoms with Crippen LogP contribution < -0.4 is 15.4 Å². The molecule has 1 aliphatic rings. The van der Waals surface area contributed by atoms with Crippen molar-refractivity contribution in [2.45, 2.75) is 31.8 Å². The lowest BCUT2D eigenvalue weighted by molar-refractivity contribution is 0.231. The van der Waals surface area contributed by atoms with Crippen LogP contribution in [0.4, 0.5) is 4.79 Å². The molecule has 0 saturated heterocycles. The second kappa shape index (κ2) is 9.67. The summed E-state index contributed by atoms with van der Waals surface area (Å²) in [6.45, 7) is 1.55. The number of hydrogen-bond acceptors (Lipinski definition) is 3. The fraction of sp³-hybridized carbons (Fsp3) is 0.304. The number of hydrogen-bond donors (Lipinski definition) is 2. The molecule has 0 aliphatic heterocycles. The molecular weight excluding hydrogens is 400 g/mol. The van der Waals surface area contributed by atoms with Crippen molar-refractivity contribution < 1.29 is 9.53 Å². The molecular formula is C23H25ClN4O2. The molecule has 1 heterocycles. The number of urea groups is 1. The van der Waals surface area contributed by atoms with Gasteiger partial charge in [-0.25, -0.2) is 4.79 Å². The number of ether oxygens (including phenoxy) is 1. The molecule has 4 rings (SSSR count). The van der Waals surface area contributed by atoms with Gasteiger partial charge in [-0.1, -0.05) is 41.9 Å². The summed E-state index contributed by atoms with van der Waals surface area (Å²) in [6.07, 6.45) is 4.82. The van der Waals surface area contributed by atoms with E-state index in [0.29, 0.717) is 18.2 Å². The van der Waals surface area contributed by atoms with Crippen molar-refractivity contribution in [3.8, 4) is 5.75 Å². The van der Waals surface area contributed by atoms with Crippen LogP contribution in [-0.2, 0) is 13.0 Å². The minimum Gasteiger partial charge on any atom is -0.492 e. The molecule has 0 saturated carbocycles.